The van der Waals surface area contributed by atoms with Gasteiger partial charge in [0.25, 0.3) is 11.5 Å². The third-order valence-corrected chi connectivity index (χ3v) is 5.40. The molecule has 0 bridgehead atoms. The predicted octanol–water partition coefficient (Wildman–Crippen LogP) is 3.90. The van der Waals surface area contributed by atoms with E-state index in [1.165, 1.54) is 17.4 Å². The van der Waals surface area contributed by atoms with Gasteiger partial charge in [-0.05, 0) is 43.3 Å². The van der Waals surface area contributed by atoms with Crippen LogP contribution < -0.4 is 20.3 Å². The highest BCUT2D eigenvalue weighted by Crippen LogP contribution is 2.20. The van der Waals surface area contributed by atoms with Crippen molar-refractivity contribution in [3.63, 3.8) is 0 Å². The Hall–Kier alpha value is -3.65. The zero-order valence-electron chi connectivity index (χ0n) is 16.4. The molecule has 0 aliphatic rings. The van der Waals surface area contributed by atoms with Crippen LogP contribution in [0, 0.1) is 6.92 Å². The number of nitrogens with one attached hydrogen (secondary N) is 1. The normalized spacial score (nSPS) is 10.7. The Bertz CT molecular complexity index is 1260. The second-order valence-electron chi connectivity index (χ2n) is 6.58. The first-order valence-electron chi connectivity index (χ1n) is 9.18. The van der Waals surface area contributed by atoms with E-state index in [4.69, 9.17) is 9.47 Å². The minimum atomic E-state index is -0.233. The van der Waals surface area contributed by atoms with Crippen molar-refractivity contribution in [3.8, 4) is 11.5 Å². The van der Waals surface area contributed by atoms with Crippen LogP contribution in [0.1, 0.15) is 21.7 Å². The first kappa shape index (κ1) is 19.7. The van der Waals surface area contributed by atoms with Gasteiger partial charge in [0.2, 0.25) is 0 Å². The zero-order valence-corrected chi connectivity index (χ0v) is 17.2. The Morgan fingerprint density at radius 3 is 2.70 bits per heavy atom. The molecule has 2 heterocycles. The van der Waals surface area contributed by atoms with Gasteiger partial charge in [0, 0.05) is 34.5 Å². The van der Waals surface area contributed by atoms with Crippen LogP contribution in [0.4, 0.5) is 5.69 Å². The van der Waals surface area contributed by atoms with Crippen LogP contribution in [0.2, 0.25) is 0 Å². The highest BCUT2D eigenvalue weighted by molar-refractivity contribution is 7.15. The number of methoxy groups -OCH3 is 1. The smallest absolute Gasteiger partial charge is 0.259 e. The Balaban J connectivity index is 1.44. The maximum absolute atomic E-state index is 12.4. The molecule has 0 saturated carbocycles. The van der Waals surface area contributed by atoms with Gasteiger partial charge in [-0.2, -0.15) is 0 Å². The number of thiazole rings is 1. The van der Waals surface area contributed by atoms with E-state index in [1.54, 1.807) is 60.0 Å². The molecule has 0 fully saturated rings. The molecule has 30 heavy (non-hydrogen) atoms. The first-order chi connectivity index (χ1) is 14.5. The summed E-state index contributed by atoms with van der Waals surface area (Å²) in [6.45, 7) is 2.02. The van der Waals surface area contributed by atoms with Crippen LogP contribution >= 0.6 is 11.3 Å². The number of ether oxygens (including phenoxy) is 2. The minimum Gasteiger partial charge on any atom is -0.497 e. The van der Waals surface area contributed by atoms with Gasteiger partial charge in [0.1, 0.15) is 18.1 Å². The Morgan fingerprint density at radius 2 is 1.93 bits per heavy atom. The van der Waals surface area contributed by atoms with Crippen molar-refractivity contribution in [2.24, 2.45) is 0 Å². The molecule has 0 unspecified atom stereocenters. The van der Waals surface area contributed by atoms with E-state index >= 15 is 0 Å². The van der Waals surface area contributed by atoms with E-state index < -0.39 is 0 Å². The molecule has 2 aromatic heterocycles. The number of fused-ring (bicyclic) bond motifs is 1. The number of aryl methyl sites for hydroxylation is 1. The zero-order chi connectivity index (χ0) is 21.1. The molecule has 0 atom stereocenters. The summed E-state index contributed by atoms with van der Waals surface area (Å²) in [5, 5.41) is 4.74. The summed E-state index contributed by atoms with van der Waals surface area (Å²) in [4.78, 5) is 29.8. The van der Waals surface area contributed by atoms with Gasteiger partial charge in [0.05, 0.1) is 12.8 Å². The van der Waals surface area contributed by atoms with Gasteiger partial charge < -0.3 is 14.8 Å². The molecule has 0 spiro atoms. The van der Waals surface area contributed by atoms with Gasteiger partial charge in [-0.15, -0.1) is 11.3 Å². The standard InChI is InChI=1S/C22H19N3O4S/c1-14-13-30-22-24-17(11-20(26)25(14)22)12-29-19-5-3-4-16(10-19)23-21(27)15-6-8-18(28-2)9-7-15/h3-11,13H,12H2,1-2H3,(H,23,27). The molecule has 152 valence electrons. The SMILES string of the molecule is COc1ccc(C(=O)Nc2cccc(OCc3cc(=O)n4c(C)csc4n3)c2)cc1. The molecular formula is C22H19N3O4S. The number of rotatable bonds is 6. The highest BCUT2D eigenvalue weighted by atomic mass is 32.1. The maximum Gasteiger partial charge on any atom is 0.259 e. The topological polar surface area (TPSA) is 81.9 Å². The van der Waals surface area contributed by atoms with Crippen molar-refractivity contribution in [3.05, 3.63) is 87.3 Å². The third-order valence-electron chi connectivity index (χ3n) is 4.46. The number of aromatic nitrogens is 2. The van der Waals surface area contributed by atoms with Gasteiger partial charge >= 0.3 is 0 Å². The molecule has 4 rings (SSSR count). The Labute approximate surface area is 176 Å². The van der Waals surface area contributed by atoms with E-state index in [1.807, 2.05) is 12.3 Å². The number of nitrogens with zero attached hydrogens (tertiary/aromatic N) is 2. The van der Waals surface area contributed by atoms with Crippen molar-refractivity contribution >= 4 is 27.9 Å². The minimum absolute atomic E-state index is 0.127. The lowest BCUT2D eigenvalue weighted by atomic mass is 10.2. The van der Waals surface area contributed by atoms with Crippen molar-refractivity contribution in [2.75, 3.05) is 12.4 Å². The lowest BCUT2D eigenvalue weighted by Gasteiger charge is -2.09. The second-order valence-corrected chi connectivity index (χ2v) is 7.42. The highest BCUT2D eigenvalue weighted by Gasteiger charge is 2.09. The average Bonchev–Trinajstić information content (AvgIpc) is 3.14. The van der Waals surface area contributed by atoms with Crippen LogP contribution in [0.15, 0.2) is 64.8 Å². The first-order valence-corrected chi connectivity index (χ1v) is 10.1. The number of anilines is 1. The second kappa shape index (κ2) is 8.38. The number of carbonyl (C=O) groups excluding carboxylic acids is 1. The molecule has 0 saturated heterocycles. The summed E-state index contributed by atoms with van der Waals surface area (Å²) in [5.74, 6) is 1.01. The Morgan fingerprint density at radius 1 is 1.13 bits per heavy atom. The Kier molecular flexibility index (Phi) is 5.49. The van der Waals surface area contributed by atoms with Crippen LogP contribution in [-0.4, -0.2) is 22.4 Å². The maximum atomic E-state index is 12.4. The van der Waals surface area contributed by atoms with E-state index in [2.05, 4.69) is 10.3 Å². The van der Waals surface area contributed by atoms with E-state index in [0.29, 0.717) is 33.4 Å². The summed E-state index contributed by atoms with van der Waals surface area (Å²) >= 11 is 1.41. The van der Waals surface area contributed by atoms with E-state index in [-0.39, 0.29) is 18.1 Å². The number of hydrogen-bond donors (Lipinski definition) is 1. The number of amides is 1. The number of benzene rings is 2. The molecule has 0 aliphatic heterocycles. The lowest BCUT2D eigenvalue weighted by Crippen LogP contribution is -2.16. The van der Waals surface area contributed by atoms with E-state index in [9.17, 15) is 9.59 Å². The molecule has 1 amide bonds. The van der Waals surface area contributed by atoms with Crippen LogP contribution in [0.3, 0.4) is 0 Å². The van der Waals surface area contributed by atoms with Crippen molar-refractivity contribution in [1.82, 2.24) is 9.38 Å². The van der Waals surface area contributed by atoms with Crippen LogP contribution in [-0.2, 0) is 6.61 Å². The molecule has 8 heteroatoms. The van der Waals surface area contributed by atoms with Gasteiger partial charge in [-0.3, -0.25) is 14.0 Å². The lowest BCUT2D eigenvalue weighted by molar-refractivity contribution is 0.102. The largest absolute Gasteiger partial charge is 0.497 e. The monoisotopic (exact) mass is 421 g/mol. The van der Waals surface area contributed by atoms with E-state index in [0.717, 1.165) is 5.69 Å². The van der Waals surface area contributed by atoms with Crippen LogP contribution in [0.5, 0.6) is 11.5 Å². The quantitative estimate of drug-likeness (QED) is 0.511. The molecule has 0 aliphatic carbocycles. The van der Waals surface area contributed by atoms with Crippen LogP contribution in [0.25, 0.3) is 4.96 Å². The molecule has 0 radical (unpaired) electrons. The van der Waals surface area contributed by atoms with Crippen molar-refractivity contribution < 1.29 is 14.3 Å². The molecule has 4 aromatic rings. The van der Waals surface area contributed by atoms with Crippen molar-refractivity contribution in [1.29, 1.82) is 0 Å². The van der Waals surface area contributed by atoms with Gasteiger partial charge in [-0.1, -0.05) is 6.07 Å². The van der Waals surface area contributed by atoms with Crippen molar-refractivity contribution in [2.45, 2.75) is 13.5 Å². The summed E-state index contributed by atoms with van der Waals surface area (Å²) in [5.41, 5.74) is 2.41. The fourth-order valence-electron chi connectivity index (χ4n) is 2.94. The summed E-state index contributed by atoms with van der Waals surface area (Å²) < 4.78 is 12.5. The average molecular weight is 421 g/mol. The molecule has 7 nitrogen and oxygen atoms in total. The molecule has 2 aromatic carbocycles. The number of carbonyl (C=O) groups is 1. The summed E-state index contributed by atoms with van der Waals surface area (Å²) in [7, 11) is 1.58. The predicted molar refractivity (Wildman–Crippen MR) is 116 cm³/mol. The fraction of sp³-hybridized carbons (Fsp3) is 0.136. The number of hydrogen-bond acceptors (Lipinski definition) is 6. The molecule has 1 N–H and O–H groups in total. The van der Waals surface area contributed by atoms with Gasteiger partial charge in [0.15, 0.2) is 4.96 Å². The summed E-state index contributed by atoms with van der Waals surface area (Å²) in [6, 6.07) is 15.4. The molecular weight excluding hydrogens is 402 g/mol. The summed E-state index contributed by atoms with van der Waals surface area (Å²) in [6.07, 6.45) is 0. The fourth-order valence-corrected chi connectivity index (χ4v) is 3.83. The van der Waals surface area contributed by atoms with Gasteiger partial charge in [-0.25, -0.2) is 4.98 Å². The third kappa shape index (κ3) is 4.18.